The Balaban J connectivity index is 1.48. The molecule has 0 aromatic heterocycles. The highest BCUT2D eigenvalue weighted by Gasteiger charge is 2.10. The van der Waals surface area contributed by atoms with Crippen LogP contribution in [0.1, 0.15) is 43.8 Å². The molecule has 1 aromatic carbocycles. The maximum atomic E-state index is 12.8. The smallest absolute Gasteiger partial charge is 0.123 e. The number of nitrogens with one attached hydrogen (secondary N) is 1. The van der Waals surface area contributed by atoms with Crippen molar-refractivity contribution in [3.63, 3.8) is 0 Å². The maximum absolute atomic E-state index is 12.8. The first kappa shape index (κ1) is 16.4. The summed E-state index contributed by atoms with van der Waals surface area (Å²) in [6, 6.07) is 6.08. The summed E-state index contributed by atoms with van der Waals surface area (Å²) in [6.07, 6.45) is 5.30. The van der Waals surface area contributed by atoms with Gasteiger partial charge in [-0.15, -0.1) is 0 Å². The number of halogens is 1. The van der Waals surface area contributed by atoms with Gasteiger partial charge < -0.3 is 15.3 Å². The third-order valence-corrected chi connectivity index (χ3v) is 4.13. The quantitative estimate of drug-likeness (QED) is 0.687. The highest BCUT2D eigenvalue weighted by molar-refractivity contribution is 5.18. The van der Waals surface area contributed by atoms with Crippen LogP contribution in [-0.2, 0) is 0 Å². The number of hydrogen-bond donors (Lipinski definition) is 2. The average molecular weight is 294 g/mol. The SMILES string of the molecule is OC(CCNCCCCN1CCCC1)c1ccc(F)cc1. The third kappa shape index (κ3) is 6.12. The van der Waals surface area contributed by atoms with Gasteiger partial charge in [-0.3, -0.25) is 0 Å². The van der Waals surface area contributed by atoms with Gasteiger partial charge in [0.2, 0.25) is 0 Å². The summed E-state index contributed by atoms with van der Waals surface area (Å²) >= 11 is 0. The Morgan fingerprint density at radius 2 is 1.81 bits per heavy atom. The fraction of sp³-hybridized carbons (Fsp3) is 0.647. The molecule has 0 spiro atoms. The number of hydrogen-bond acceptors (Lipinski definition) is 3. The van der Waals surface area contributed by atoms with Gasteiger partial charge in [-0.25, -0.2) is 4.39 Å². The molecule has 1 unspecified atom stereocenters. The molecule has 0 bridgehead atoms. The minimum atomic E-state index is -0.511. The Labute approximate surface area is 127 Å². The van der Waals surface area contributed by atoms with E-state index < -0.39 is 6.10 Å². The van der Waals surface area contributed by atoms with Crippen molar-refractivity contribution in [2.75, 3.05) is 32.7 Å². The summed E-state index contributed by atoms with van der Waals surface area (Å²) in [5.41, 5.74) is 0.784. The standard InChI is InChI=1S/C17H27FN2O/c18-16-7-5-15(6-8-16)17(21)9-11-19-10-1-2-12-20-13-3-4-14-20/h5-8,17,19,21H,1-4,9-14H2. The van der Waals surface area contributed by atoms with E-state index in [1.165, 1.54) is 57.5 Å². The van der Waals surface area contributed by atoms with E-state index in [-0.39, 0.29) is 5.82 Å². The summed E-state index contributed by atoms with van der Waals surface area (Å²) < 4.78 is 12.8. The number of nitrogens with zero attached hydrogens (tertiary/aromatic N) is 1. The summed E-state index contributed by atoms with van der Waals surface area (Å²) in [6.45, 7) is 5.57. The van der Waals surface area contributed by atoms with Gasteiger partial charge in [0.25, 0.3) is 0 Å². The zero-order valence-electron chi connectivity index (χ0n) is 12.7. The normalized spacial score (nSPS) is 17.2. The predicted octanol–water partition coefficient (Wildman–Crippen LogP) is 2.71. The Hall–Kier alpha value is -0.970. The van der Waals surface area contributed by atoms with Crippen molar-refractivity contribution in [2.24, 2.45) is 0 Å². The number of likely N-dealkylation sites (tertiary alicyclic amines) is 1. The largest absolute Gasteiger partial charge is 0.388 e. The van der Waals surface area contributed by atoms with Crippen molar-refractivity contribution in [1.82, 2.24) is 10.2 Å². The number of unbranched alkanes of at least 4 members (excludes halogenated alkanes) is 1. The first-order valence-corrected chi connectivity index (χ1v) is 8.12. The van der Waals surface area contributed by atoms with E-state index in [0.29, 0.717) is 6.42 Å². The fourth-order valence-electron chi connectivity index (χ4n) is 2.81. The molecule has 1 atom stereocenters. The summed E-state index contributed by atoms with van der Waals surface area (Å²) in [5, 5.41) is 13.4. The van der Waals surface area contributed by atoms with Crippen molar-refractivity contribution in [2.45, 2.75) is 38.2 Å². The fourth-order valence-corrected chi connectivity index (χ4v) is 2.81. The van der Waals surface area contributed by atoms with Gasteiger partial charge in [-0.2, -0.15) is 0 Å². The first-order chi connectivity index (χ1) is 10.3. The molecule has 1 aliphatic heterocycles. The van der Waals surface area contributed by atoms with E-state index in [9.17, 15) is 9.50 Å². The topological polar surface area (TPSA) is 35.5 Å². The van der Waals surface area contributed by atoms with Crippen molar-refractivity contribution >= 4 is 0 Å². The lowest BCUT2D eigenvalue weighted by Gasteiger charge is -2.14. The second kappa shape index (κ2) is 9.13. The first-order valence-electron chi connectivity index (χ1n) is 8.12. The number of rotatable bonds is 9. The Bertz CT molecular complexity index is 390. The van der Waals surface area contributed by atoms with E-state index in [0.717, 1.165) is 18.7 Å². The van der Waals surface area contributed by atoms with Crippen LogP contribution in [0.15, 0.2) is 24.3 Å². The molecule has 0 saturated carbocycles. The highest BCUT2D eigenvalue weighted by Crippen LogP contribution is 2.16. The molecule has 0 amide bonds. The van der Waals surface area contributed by atoms with Gasteiger partial charge in [-0.1, -0.05) is 12.1 Å². The van der Waals surface area contributed by atoms with Crippen molar-refractivity contribution < 1.29 is 9.50 Å². The van der Waals surface area contributed by atoms with Gasteiger partial charge >= 0.3 is 0 Å². The summed E-state index contributed by atoms with van der Waals surface area (Å²) in [4.78, 5) is 2.54. The minimum absolute atomic E-state index is 0.262. The van der Waals surface area contributed by atoms with Crippen LogP contribution in [0.2, 0.25) is 0 Å². The van der Waals surface area contributed by atoms with Crippen molar-refractivity contribution in [1.29, 1.82) is 0 Å². The third-order valence-electron chi connectivity index (χ3n) is 4.13. The number of benzene rings is 1. The zero-order valence-corrected chi connectivity index (χ0v) is 12.7. The van der Waals surface area contributed by atoms with Crippen LogP contribution in [0.5, 0.6) is 0 Å². The Morgan fingerprint density at radius 1 is 1.10 bits per heavy atom. The van der Waals surface area contributed by atoms with Crippen LogP contribution >= 0.6 is 0 Å². The van der Waals surface area contributed by atoms with Crippen LogP contribution in [0.4, 0.5) is 4.39 Å². The molecule has 2 rings (SSSR count). The molecule has 21 heavy (non-hydrogen) atoms. The lowest BCUT2D eigenvalue weighted by molar-refractivity contribution is 0.166. The van der Waals surface area contributed by atoms with E-state index in [1.54, 1.807) is 12.1 Å². The second-order valence-corrected chi connectivity index (χ2v) is 5.86. The summed E-state index contributed by atoms with van der Waals surface area (Å²) in [7, 11) is 0. The molecule has 1 aliphatic rings. The molecular weight excluding hydrogens is 267 g/mol. The lowest BCUT2D eigenvalue weighted by Crippen LogP contribution is -2.23. The molecule has 4 heteroatoms. The van der Waals surface area contributed by atoms with Gasteiger partial charge in [0.05, 0.1) is 6.10 Å². The minimum Gasteiger partial charge on any atom is -0.388 e. The van der Waals surface area contributed by atoms with Crippen LogP contribution < -0.4 is 5.32 Å². The van der Waals surface area contributed by atoms with Crippen LogP contribution in [0.25, 0.3) is 0 Å². The van der Waals surface area contributed by atoms with E-state index >= 15 is 0 Å². The monoisotopic (exact) mass is 294 g/mol. The van der Waals surface area contributed by atoms with Crippen LogP contribution in [0.3, 0.4) is 0 Å². The predicted molar refractivity (Wildman–Crippen MR) is 83.8 cm³/mol. The summed E-state index contributed by atoms with van der Waals surface area (Å²) in [5.74, 6) is -0.262. The zero-order chi connectivity index (χ0) is 14.9. The highest BCUT2D eigenvalue weighted by atomic mass is 19.1. The van der Waals surface area contributed by atoms with Crippen molar-refractivity contribution in [3.8, 4) is 0 Å². The second-order valence-electron chi connectivity index (χ2n) is 5.86. The van der Waals surface area contributed by atoms with Gasteiger partial charge in [0, 0.05) is 0 Å². The molecule has 0 radical (unpaired) electrons. The molecule has 1 fully saturated rings. The van der Waals surface area contributed by atoms with Gasteiger partial charge in [-0.05, 0) is 82.5 Å². The molecule has 1 aromatic rings. The van der Waals surface area contributed by atoms with Crippen LogP contribution in [-0.4, -0.2) is 42.7 Å². The van der Waals surface area contributed by atoms with Gasteiger partial charge in [0.1, 0.15) is 5.82 Å². The Kier molecular flexibility index (Phi) is 7.13. The molecule has 118 valence electrons. The molecular formula is C17H27FN2O. The Morgan fingerprint density at radius 3 is 2.52 bits per heavy atom. The molecule has 1 heterocycles. The molecule has 3 nitrogen and oxygen atoms in total. The van der Waals surface area contributed by atoms with Gasteiger partial charge in [0.15, 0.2) is 0 Å². The van der Waals surface area contributed by atoms with E-state index in [2.05, 4.69) is 10.2 Å². The van der Waals surface area contributed by atoms with Crippen LogP contribution in [0, 0.1) is 5.82 Å². The van der Waals surface area contributed by atoms with E-state index in [1.807, 2.05) is 0 Å². The maximum Gasteiger partial charge on any atom is 0.123 e. The van der Waals surface area contributed by atoms with E-state index in [4.69, 9.17) is 0 Å². The average Bonchev–Trinajstić information content (AvgIpc) is 3.00. The number of aliphatic hydroxyl groups is 1. The molecule has 1 saturated heterocycles. The molecule has 0 aliphatic carbocycles. The lowest BCUT2D eigenvalue weighted by atomic mass is 10.1. The van der Waals surface area contributed by atoms with Crippen molar-refractivity contribution in [3.05, 3.63) is 35.6 Å². The number of aliphatic hydroxyl groups excluding tert-OH is 1. The molecule has 2 N–H and O–H groups in total.